The molecule has 1 N–H and O–H groups in total. The molecular formula is C15H18BrNO. The standard InChI is InChI=1S/C15H18BrNO/c1-3-17-8-12-13(10-5-6-10)14-11(16)7-4-9(2)15(14)18-12/h4,7,10,17H,3,5-6,8H2,1-2H3. The maximum atomic E-state index is 6.12. The summed E-state index contributed by atoms with van der Waals surface area (Å²) in [6.07, 6.45) is 2.60. The molecule has 2 aromatic rings. The molecule has 96 valence electrons. The molecule has 1 saturated carbocycles. The van der Waals surface area contributed by atoms with E-state index < -0.39 is 0 Å². The molecule has 0 aliphatic heterocycles. The van der Waals surface area contributed by atoms with Crippen LogP contribution in [0.2, 0.25) is 0 Å². The Hall–Kier alpha value is -0.800. The maximum Gasteiger partial charge on any atom is 0.138 e. The van der Waals surface area contributed by atoms with Gasteiger partial charge in [-0.05, 0) is 43.9 Å². The highest BCUT2D eigenvalue weighted by atomic mass is 79.9. The summed E-state index contributed by atoms with van der Waals surface area (Å²) in [5, 5.41) is 4.68. The van der Waals surface area contributed by atoms with Gasteiger partial charge in [0.2, 0.25) is 0 Å². The summed E-state index contributed by atoms with van der Waals surface area (Å²) in [6, 6.07) is 4.25. The molecule has 1 aromatic heterocycles. The third-order valence-corrected chi connectivity index (χ3v) is 4.28. The SMILES string of the molecule is CCNCc1oc2c(C)ccc(Br)c2c1C1CC1. The van der Waals surface area contributed by atoms with Crippen LogP contribution < -0.4 is 5.32 Å². The van der Waals surface area contributed by atoms with E-state index in [0.29, 0.717) is 5.92 Å². The van der Waals surface area contributed by atoms with E-state index in [1.807, 2.05) is 0 Å². The van der Waals surface area contributed by atoms with Gasteiger partial charge in [0.1, 0.15) is 11.3 Å². The second-order valence-electron chi connectivity index (χ2n) is 5.06. The third kappa shape index (κ3) is 1.99. The summed E-state index contributed by atoms with van der Waals surface area (Å²) in [5.41, 5.74) is 3.71. The molecule has 0 spiro atoms. The smallest absolute Gasteiger partial charge is 0.138 e. The number of hydrogen-bond acceptors (Lipinski definition) is 2. The van der Waals surface area contributed by atoms with Crippen molar-refractivity contribution in [3.05, 3.63) is 33.5 Å². The van der Waals surface area contributed by atoms with Gasteiger partial charge in [-0.1, -0.05) is 28.9 Å². The predicted octanol–water partition coefficient (Wildman–Crippen LogP) is 4.49. The minimum absolute atomic E-state index is 0.706. The average Bonchev–Trinajstić information content (AvgIpc) is 3.12. The second-order valence-corrected chi connectivity index (χ2v) is 5.92. The summed E-state index contributed by atoms with van der Waals surface area (Å²) in [7, 11) is 0. The van der Waals surface area contributed by atoms with Crippen molar-refractivity contribution in [1.29, 1.82) is 0 Å². The van der Waals surface area contributed by atoms with Crippen LogP contribution in [0.4, 0.5) is 0 Å². The van der Waals surface area contributed by atoms with Gasteiger partial charge in [0.05, 0.1) is 6.54 Å². The Morgan fingerprint density at radius 3 is 2.83 bits per heavy atom. The first-order valence-corrected chi connectivity index (χ1v) is 7.42. The van der Waals surface area contributed by atoms with Crippen molar-refractivity contribution in [2.75, 3.05) is 6.54 Å². The van der Waals surface area contributed by atoms with Gasteiger partial charge >= 0.3 is 0 Å². The highest BCUT2D eigenvalue weighted by Gasteiger charge is 2.31. The molecule has 0 unspecified atom stereocenters. The van der Waals surface area contributed by atoms with Crippen molar-refractivity contribution < 1.29 is 4.42 Å². The lowest BCUT2D eigenvalue weighted by Gasteiger charge is -2.02. The first-order valence-electron chi connectivity index (χ1n) is 6.63. The van der Waals surface area contributed by atoms with Crippen LogP contribution in [-0.4, -0.2) is 6.54 Å². The van der Waals surface area contributed by atoms with E-state index in [9.17, 15) is 0 Å². The Morgan fingerprint density at radius 1 is 1.39 bits per heavy atom. The number of furan rings is 1. The monoisotopic (exact) mass is 307 g/mol. The zero-order valence-electron chi connectivity index (χ0n) is 10.8. The fraction of sp³-hybridized carbons (Fsp3) is 0.467. The first kappa shape index (κ1) is 12.2. The Bertz CT molecular complexity index is 584. The lowest BCUT2D eigenvalue weighted by Crippen LogP contribution is -2.12. The van der Waals surface area contributed by atoms with Crippen LogP contribution in [0.25, 0.3) is 11.0 Å². The van der Waals surface area contributed by atoms with Crippen molar-refractivity contribution in [1.82, 2.24) is 5.32 Å². The fourth-order valence-electron chi connectivity index (χ4n) is 2.54. The molecule has 3 rings (SSSR count). The van der Waals surface area contributed by atoms with Crippen LogP contribution in [0.5, 0.6) is 0 Å². The molecule has 0 saturated heterocycles. The molecule has 1 aromatic carbocycles. The Morgan fingerprint density at radius 2 is 2.17 bits per heavy atom. The molecule has 0 atom stereocenters. The molecule has 2 nitrogen and oxygen atoms in total. The molecule has 0 radical (unpaired) electrons. The van der Waals surface area contributed by atoms with Gasteiger partial charge in [-0.2, -0.15) is 0 Å². The fourth-order valence-corrected chi connectivity index (χ4v) is 3.06. The molecule has 3 heteroatoms. The number of nitrogens with one attached hydrogen (secondary N) is 1. The van der Waals surface area contributed by atoms with E-state index >= 15 is 0 Å². The first-order chi connectivity index (χ1) is 8.72. The van der Waals surface area contributed by atoms with Crippen molar-refractivity contribution >= 4 is 26.9 Å². The lowest BCUT2D eigenvalue weighted by atomic mass is 10.0. The third-order valence-electron chi connectivity index (χ3n) is 3.62. The van der Waals surface area contributed by atoms with Gasteiger partial charge in [-0.15, -0.1) is 0 Å². The summed E-state index contributed by atoms with van der Waals surface area (Å²) in [6.45, 7) is 6.05. The number of fused-ring (bicyclic) bond motifs is 1. The zero-order valence-corrected chi connectivity index (χ0v) is 12.4. The zero-order chi connectivity index (χ0) is 12.7. The van der Waals surface area contributed by atoms with Crippen LogP contribution in [0.3, 0.4) is 0 Å². The van der Waals surface area contributed by atoms with E-state index in [1.54, 1.807) is 0 Å². The topological polar surface area (TPSA) is 25.2 Å². The highest BCUT2D eigenvalue weighted by Crippen LogP contribution is 2.48. The number of benzene rings is 1. The number of rotatable bonds is 4. The van der Waals surface area contributed by atoms with Crippen LogP contribution in [0, 0.1) is 6.92 Å². The van der Waals surface area contributed by atoms with Crippen LogP contribution in [0.1, 0.15) is 42.6 Å². The van der Waals surface area contributed by atoms with Crippen molar-refractivity contribution in [2.45, 2.75) is 39.2 Å². The van der Waals surface area contributed by atoms with Gasteiger partial charge < -0.3 is 9.73 Å². The molecule has 18 heavy (non-hydrogen) atoms. The van der Waals surface area contributed by atoms with Gasteiger partial charge in [0.25, 0.3) is 0 Å². The Balaban J connectivity index is 2.19. The minimum atomic E-state index is 0.706. The minimum Gasteiger partial charge on any atom is -0.459 e. The average molecular weight is 308 g/mol. The summed E-state index contributed by atoms with van der Waals surface area (Å²) < 4.78 is 7.29. The van der Waals surface area contributed by atoms with E-state index in [-0.39, 0.29) is 0 Å². The van der Waals surface area contributed by atoms with E-state index in [4.69, 9.17) is 4.42 Å². The lowest BCUT2D eigenvalue weighted by molar-refractivity contribution is 0.512. The summed E-state index contributed by atoms with van der Waals surface area (Å²) in [5.74, 6) is 1.84. The van der Waals surface area contributed by atoms with E-state index in [0.717, 1.165) is 28.9 Å². The Labute approximate surface area is 116 Å². The molecule has 1 fully saturated rings. The van der Waals surface area contributed by atoms with Crippen molar-refractivity contribution in [3.63, 3.8) is 0 Å². The summed E-state index contributed by atoms with van der Waals surface area (Å²) >= 11 is 3.68. The molecule has 0 bridgehead atoms. The van der Waals surface area contributed by atoms with Crippen LogP contribution >= 0.6 is 15.9 Å². The summed E-state index contributed by atoms with van der Waals surface area (Å²) in [4.78, 5) is 0. The number of hydrogen-bond donors (Lipinski definition) is 1. The Kier molecular flexibility index (Phi) is 3.20. The van der Waals surface area contributed by atoms with E-state index in [2.05, 4.69) is 47.2 Å². The van der Waals surface area contributed by atoms with Gasteiger partial charge in [0, 0.05) is 15.4 Å². The normalized spacial score (nSPS) is 15.5. The van der Waals surface area contributed by atoms with Gasteiger partial charge in [-0.25, -0.2) is 0 Å². The number of aryl methyl sites for hydroxylation is 1. The molecule has 0 amide bonds. The largest absolute Gasteiger partial charge is 0.459 e. The van der Waals surface area contributed by atoms with Crippen LogP contribution in [0.15, 0.2) is 21.0 Å². The van der Waals surface area contributed by atoms with E-state index in [1.165, 1.54) is 29.4 Å². The predicted molar refractivity (Wildman–Crippen MR) is 78.0 cm³/mol. The molecule has 1 aliphatic rings. The quantitative estimate of drug-likeness (QED) is 0.900. The van der Waals surface area contributed by atoms with Gasteiger partial charge in [-0.3, -0.25) is 0 Å². The van der Waals surface area contributed by atoms with Crippen molar-refractivity contribution in [2.24, 2.45) is 0 Å². The number of halogens is 1. The van der Waals surface area contributed by atoms with Crippen molar-refractivity contribution in [3.8, 4) is 0 Å². The van der Waals surface area contributed by atoms with Crippen LogP contribution in [-0.2, 0) is 6.54 Å². The second kappa shape index (κ2) is 4.71. The highest BCUT2D eigenvalue weighted by molar-refractivity contribution is 9.10. The van der Waals surface area contributed by atoms with Gasteiger partial charge in [0.15, 0.2) is 0 Å². The molecule has 1 aliphatic carbocycles. The molecular weight excluding hydrogens is 290 g/mol. The maximum absolute atomic E-state index is 6.12. The molecule has 1 heterocycles.